The fraction of sp³-hybridized carbons (Fsp3) is 0.533. The van der Waals surface area contributed by atoms with E-state index in [1.807, 2.05) is 25.1 Å². The van der Waals surface area contributed by atoms with Crippen LogP contribution in [0.25, 0.3) is 0 Å². The maximum Gasteiger partial charge on any atom is 0.233 e. The van der Waals surface area contributed by atoms with E-state index in [1.165, 1.54) is 0 Å². The molecule has 5 heteroatoms. The molecule has 1 aliphatic rings. The normalized spacial score (nSPS) is 17.8. The Morgan fingerprint density at radius 2 is 2.15 bits per heavy atom. The van der Waals surface area contributed by atoms with Crippen molar-refractivity contribution in [3.05, 3.63) is 28.2 Å². The third-order valence-electron chi connectivity index (χ3n) is 3.88. The van der Waals surface area contributed by atoms with E-state index in [2.05, 4.69) is 26.6 Å². The molecule has 1 aromatic rings. The van der Waals surface area contributed by atoms with Crippen molar-refractivity contribution in [1.29, 1.82) is 0 Å². The van der Waals surface area contributed by atoms with Crippen LogP contribution < -0.4 is 10.6 Å². The Morgan fingerprint density at radius 3 is 2.75 bits per heavy atom. The summed E-state index contributed by atoms with van der Waals surface area (Å²) in [6.07, 6.45) is 1.62. The maximum atomic E-state index is 12.6. The molecule has 0 radical (unpaired) electrons. The van der Waals surface area contributed by atoms with Crippen LogP contribution in [-0.2, 0) is 9.53 Å². The molecule has 0 bridgehead atoms. The van der Waals surface area contributed by atoms with Crippen LogP contribution in [0.1, 0.15) is 18.4 Å². The number of nitrogens with one attached hydrogen (secondary N) is 2. The van der Waals surface area contributed by atoms with E-state index in [9.17, 15) is 4.79 Å². The first-order valence-electron chi connectivity index (χ1n) is 6.85. The molecule has 110 valence electrons. The van der Waals surface area contributed by atoms with Crippen molar-refractivity contribution in [1.82, 2.24) is 5.32 Å². The minimum absolute atomic E-state index is 0.0579. The number of carbonyl (C=O) groups excluding carboxylic acids is 1. The summed E-state index contributed by atoms with van der Waals surface area (Å²) in [4.78, 5) is 12.6. The molecule has 0 atom stereocenters. The van der Waals surface area contributed by atoms with Crippen LogP contribution >= 0.6 is 15.9 Å². The highest BCUT2D eigenvalue weighted by molar-refractivity contribution is 9.10. The van der Waals surface area contributed by atoms with Gasteiger partial charge in [0, 0.05) is 17.3 Å². The monoisotopic (exact) mass is 340 g/mol. The van der Waals surface area contributed by atoms with Gasteiger partial charge in [0.25, 0.3) is 0 Å². The van der Waals surface area contributed by atoms with Crippen molar-refractivity contribution < 1.29 is 9.53 Å². The van der Waals surface area contributed by atoms with E-state index in [0.29, 0.717) is 6.61 Å². The van der Waals surface area contributed by atoms with E-state index in [0.717, 1.165) is 41.7 Å². The Balaban J connectivity index is 2.13. The van der Waals surface area contributed by atoms with Crippen LogP contribution in [0.15, 0.2) is 22.7 Å². The van der Waals surface area contributed by atoms with E-state index < -0.39 is 5.41 Å². The number of hydrogen-bond donors (Lipinski definition) is 2. The second-order valence-electron chi connectivity index (χ2n) is 5.38. The van der Waals surface area contributed by atoms with Crippen molar-refractivity contribution in [2.75, 3.05) is 32.1 Å². The third-order valence-corrected chi connectivity index (χ3v) is 4.77. The fourth-order valence-electron chi connectivity index (χ4n) is 2.60. The highest BCUT2D eigenvalue weighted by Gasteiger charge is 2.39. The van der Waals surface area contributed by atoms with Crippen molar-refractivity contribution in [3.8, 4) is 0 Å². The Kier molecular flexibility index (Phi) is 5.18. The molecule has 2 N–H and O–H groups in total. The molecular weight excluding hydrogens is 320 g/mol. The van der Waals surface area contributed by atoms with E-state index in [-0.39, 0.29) is 5.91 Å². The number of piperidine rings is 1. The molecule has 4 nitrogen and oxygen atoms in total. The first-order chi connectivity index (χ1) is 9.57. The second-order valence-corrected chi connectivity index (χ2v) is 6.24. The Hall–Kier alpha value is -0.910. The molecule has 0 aromatic heterocycles. The first kappa shape index (κ1) is 15.5. The number of hydrogen-bond acceptors (Lipinski definition) is 3. The molecule has 1 aliphatic heterocycles. The molecule has 20 heavy (non-hydrogen) atoms. The van der Waals surface area contributed by atoms with E-state index in [4.69, 9.17) is 4.74 Å². The van der Waals surface area contributed by atoms with E-state index >= 15 is 0 Å². The lowest BCUT2D eigenvalue weighted by Gasteiger charge is -2.35. The smallest absolute Gasteiger partial charge is 0.233 e. The summed E-state index contributed by atoms with van der Waals surface area (Å²) in [5.41, 5.74) is 1.53. The first-order valence-corrected chi connectivity index (χ1v) is 7.64. The molecule has 0 spiro atoms. The SMILES string of the molecule is COCC1(C(=O)Nc2ccc(Br)c(C)c2)CCNCC1. The highest BCUT2D eigenvalue weighted by atomic mass is 79.9. The summed E-state index contributed by atoms with van der Waals surface area (Å²) in [6.45, 7) is 4.19. The summed E-state index contributed by atoms with van der Waals surface area (Å²) >= 11 is 3.47. The highest BCUT2D eigenvalue weighted by Crippen LogP contribution is 2.31. The average molecular weight is 341 g/mol. The van der Waals surface area contributed by atoms with Gasteiger partial charge in [-0.1, -0.05) is 15.9 Å². The van der Waals surface area contributed by atoms with Crippen LogP contribution in [0, 0.1) is 12.3 Å². The van der Waals surface area contributed by atoms with Gasteiger partial charge in [0.2, 0.25) is 5.91 Å². The summed E-state index contributed by atoms with van der Waals surface area (Å²) < 4.78 is 6.34. The molecule has 1 heterocycles. The minimum Gasteiger partial charge on any atom is -0.384 e. The largest absolute Gasteiger partial charge is 0.384 e. The molecule has 1 saturated heterocycles. The lowest BCUT2D eigenvalue weighted by atomic mass is 9.78. The molecule has 1 amide bonds. The summed E-state index contributed by atoms with van der Waals surface area (Å²) in [5.74, 6) is 0.0579. The molecule has 2 rings (SSSR count). The van der Waals surface area contributed by atoms with Gasteiger partial charge in [0.05, 0.1) is 12.0 Å². The second kappa shape index (κ2) is 6.70. The number of rotatable bonds is 4. The van der Waals surface area contributed by atoms with Gasteiger partial charge in [-0.2, -0.15) is 0 Å². The van der Waals surface area contributed by atoms with Gasteiger partial charge in [0.15, 0.2) is 0 Å². The van der Waals surface area contributed by atoms with Crippen molar-refractivity contribution in [2.45, 2.75) is 19.8 Å². The van der Waals surface area contributed by atoms with Gasteiger partial charge in [0.1, 0.15) is 0 Å². The van der Waals surface area contributed by atoms with Crippen LogP contribution in [0.2, 0.25) is 0 Å². The van der Waals surface area contributed by atoms with Gasteiger partial charge in [-0.15, -0.1) is 0 Å². The number of aryl methyl sites for hydroxylation is 1. The van der Waals surface area contributed by atoms with Crippen molar-refractivity contribution in [2.24, 2.45) is 5.41 Å². The third kappa shape index (κ3) is 3.40. The van der Waals surface area contributed by atoms with E-state index in [1.54, 1.807) is 7.11 Å². The number of carbonyl (C=O) groups is 1. The van der Waals surface area contributed by atoms with Crippen molar-refractivity contribution in [3.63, 3.8) is 0 Å². The number of amides is 1. The number of benzene rings is 1. The predicted molar refractivity (Wildman–Crippen MR) is 83.9 cm³/mol. The number of anilines is 1. The van der Waals surface area contributed by atoms with Crippen molar-refractivity contribution >= 4 is 27.5 Å². The zero-order valence-electron chi connectivity index (χ0n) is 12.0. The number of ether oxygens (including phenoxy) is 1. The minimum atomic E-state index is -0.416. The molecule has 0 aliphatic carbocycles. The standard InChI is InChI=1S/C15H21BrN2O2/c1-11-9-12(3-4-13(11)16)18-14(19)15(10-20-2)5-7-17-8-6-15/h3-4,9,17H,5-8,10H2,1-2H3,(H,18,19). The van der Waals surface area contributed by atoms with Gasteiger partial charge in [-0.05, 0) is 56.6 Å². The van der Waals surface area contributed by atoms with Gasteiger partial charge < -0.3 is 15.4 Å². The molecular formula is C15H21BrN2O2. The van der Waals surface area contributed by atoms with Gasteiger partial charge in [-0.25, -0.2) is 0 Å². The molecule has 1 fully saturated rings. The van der Waals surface area contributed by atoms with Crippen LogP contribution in [-0.4, -0.2) is 32.7 Å². The number of halogens is 1. The summed E-state index contributed by atoms with van der Waals surface area (Å²) in [7, 11) is 1.65. The zero-order chi connectivity index (χ0) is 14.6. The fourth-order valence-corrected chi connectivity index (χ4v) is 2.85. The number of methoxy groups -OCH3 is 1. The lowest BCUT2D eigenvalue weighted by Crippen LogP contribution is -2.47. The van der Waals surface area contributed by atoms with Crippen LogP contribution in [0.5, 0.6) is 0 Å². The zero-order valence-corrected chi connectivity index (χ0v) is 13.5. The maximum absolute atomic E-state index is 12.6. The van der Waals surface area contributed by atoms with Crippen LogP contribution in [0.4, 0.5) is 5.69 Å². The Labute approximate surface area is 128 Å². The molecule has 0 unspecified atom stereocenters. The Bertz CT molecular complexity index is 479. The predicted octanol–water partition coefficient (Wildman–Crippen LogP) is 2.71. The topological polar surface area (TPSA) is 50.4 Å². The Morgan fingerprint density at radius 1 is 1.45 bits per heavy atom. The lowest BCUT2D eigenvalue weighted by molar-refractivity contribution is -0.130. The van der Waals surface area contributed by atoms with Crippen LogP contribution in [0.3, 0.4) is 0 Å². The van der Waals surface area contributed by atoms with Gasteiger partial charge in [-0.3, -0.25) is 4.79 Å². The summed E-state index contributed by atoms with van der Waals surface area (Å²) in [5, 5.41) is 6.33. The summed E-state index contributed by atoms with van der Waals surface area (Å²) in [6, 6.07) is 5.84. The quantitative estimate of drug-likeness (QED) is 0.885. The molecule has 0 saturated carbocycles. The average Bonchev–Trinajstić information content (AvgIpc) is 2.44. The van der Waals surface area contributed by atoms with Gasteiger partial charge >= 0.3 is 0 Å². The molecule has 1 aromatic carbocycles.